The summed E-state index contributed by atoms with van der Waals surface area (Å²) in [6.45, 7) is 5.16. The lowest BCUT2D eigenvalue weighted by molar-refractivity contribution is 0.193. The number of nitrogens with one attached hydrogen (secondary N) is 1. The molecule has 1 aliphatic heterocycles. The molecule has 2 rings (SSSR count). The van der Waals surface area contributed by atoms with Crippen molar-refractivity contribution in [3.63, 3.8) is 0 Å². The van der Waals surface area contributed by atoms with E-state index < -0.39 is 19.9 Å². The van der Waals surface area contributed by atoms with Gasteiger partial charge in [0.05, 0.1) is 16.9 Å². The molecule has 1 fully saturated rings. The van der Waals surface area contributed by atoms with Gasteiger partial charge in [-0.1, -0.05) is 6.92 Å². The van der Waals surface area contributed by atoms with Crippen LogP contribution in [-0.2, 0) is 19.9 Å². The van der Waals surface area contributed by atoms with Gasteiger partial charge in [0.25, 0.3) is 0 Å². The number of piperidine rings is 1. The molecule has 0 unspecified atom stereocenters. The minimum Gasteiger partial charge on any atom is -0.303 e. The SMILES string of the molecule is CC1CCN(CCCS(=O)(=O)c2ccc(NS(C)(=O)=O)cc2)CC1. The Bertz CT molecular complexity index is 735. The average molecular weight is 375 g/mol. The highest BCUT2D eigenvalue weighted by Gasteiger charge is 2.18. The van der Waals surface area contributed by atoms with Crippen LogP contribution in [-0.4, -0.2) is 53.4 Å². The van der Waals surface area contributed by atoms with Crippen LogP contribution in [0.15, 0.2) is 29.2 Å². The summed E-state index contributed by atoms with van der Waals surface area (Å²) >= 11 is 0. The van der Waals surface area contributed by atoms with Crippen LogP contribution in [0.2, 0.25) is 0 Å². The summed E-state index contributed by atoms with van der Waals surface area (Å²) in [4.78, 5) is 2.56. The quantitative estimate of drug-likeness (QED) is 0.789. The molecule has 0 spiro atoms. The van der Waals surface area contributed by atoms with Gasteiger partial charge in [-0.2, -0.15) is 0 Å². The highest BCUT2D eigenvalue weighted by atomic mass is 32.2. The first-order valence-electron chi connectivity index (χ1n) is 8.19. The molecule has 0 bridgehead atoms. The van der Waals surface area contributed by atoms with E-state index in [1.165, 1.54) is 37.1 Å². The molecule has 0 aliphatic carbocycles. The second-order valence-corrected chi connectivity index (χ2v) is 10.5. The van der Waals surface area contributed by atoms with E-state index in [4.69, 9.17) is 0 Å². The number of likely N-dealkylation sites (tertiary alicyclic amines) is 1. The molecule has 0 saturated carbocycles. The third kappa shape index (κ3) is 6.07. The van der Waals surface area contributed by atoms with Crippen molar-refractivity contribution in [1.29, 1.82) is 0 Å². The molecule has 0 radical (unpaired) electrons. The zero-order valence-corrected chi connectivity index (χ0v) is 15.9. The van der Waals surface area contributed by atoms with Crippen LogP contribution in [0.3, 0.4) is 0 Å². The summed E-state index contributed by atoms with van der Waals surface area (Å²) in [5.41, 5.74) is 0.360. The first-order valence-corrected chi connectivity index (χ1v) is 11.7. The van der Waals surface area contributed by atoms with Crippen molar-refractivity contribution in [2.75, 3.05) is 36.4 Å². The van der Waals surface area contributed by atoms with Gasteiger partial charge in [0.15, 0.2) is 9.84 Å². The highest BCUT2D eigenvalue weighted by molar-refractivity contribution is 7.92. The lowest BCUT2D eigenvalue weighted by Crippen LogP contribution is -2.34. The Labute approximate surface area is 145 Å². The monoisotopic (exact) mass is 374 g/mol. The highest BCUT2D eigenvalue weighted by Crippen LogP contribution is 2.18. The largest absolute Gasteiger partial charge is 0.303 e. The summed E-state index contributed by atoms with van der Waals surface area (Å²) < 4.78 is 49.4. The van der Waals surface area contributed by atoms with Crippen LogP contribution in [0, 0.1) is 5.92 Å². The van der Waals surface area contributed by atoms with Gasteiger partial charge in [-0.25, -0.2) is 16.8 Å². The Morgan fingerprint density at radius 3 is 2.21 bits per heavy atom. The number of anilines is 1. The molecule has 0 amide bonds. The minimum atomic E-state index is -3.36. The van der Waals surface area contributed by atoms with Gasteiger partial charge in [0, 0.05) is 5.69 Å². The number of sulfone groups is 1. The average Bonchev–Trinajstić information content (AvgIpc) is 2.48. The standard InChI is InChI=1S/C16H26N2O4S2/c1-14-8-11-18(12-9-14)10-3-13-24(21,22)16-6-4-15(5-7-16)17-23(2,19)20/h4-7,14,17H,3,8-13H2,1-2H3. The molecule has 24 heavy (non-hydrogen) atoms. The van der Waals surface area contributed by atoms with Crippen molar-refractivity contribution in [1.82, 2.24) is 4.90 Å². The van der Waals surface area contributed by atoms with Crippen molar-refractivity contribution in [3.8, 4) is 0 Å². The van der Waals surface area contributed by atoms with Gasteiger partial charge < -0.3 is 4.90 Å². The van der Waals surface area contributed by atoms with Crippen LogP contribution in [0.1, 0.15) is 26.2 Å². The molecule has 6 nitrogen and oxygen atoms in total. The first kappa shape index (κ1) is 19.2. The number of sulfonamides is 1. The number of benzene rings is 1. The zero-order valence-electron chi connectivity index (χ0n) is 14.2. The fourth-order valence-electron chi connectivity index (χ4n) is 2.83. The van der Waals surface area contributed by atoms with E-state index in [9.17, 15) is 16.8 Å². The van der Waals surface area contributed by atoms with Crippen molar-refractivity contribution < 1.29 is 16.8 Å². The second kappa shape index (κ2) is 7.84. The van der Waals surface area contributed by atoms with E-state index in [-0.39, 0.29) is 10.6 Å². The van der Waals surface area contributed by atoms with Gasteiger partial charge >= 0.3 is 0 Å². The maximum absolute atomic E-state index is 12.4. The van der Waals surface area contributed by atoms with Crippen molar-refractivity contribution in [2.45, 2.75) is 31.1 Å². The molecule has 1 aromatic rings. The number of hydrogen-bond donors (Lipinski definition) is 1. The molecule has 1 aromatic carbocycles. The predicted molar refractivity (Wildman–Crippen MR) is 96.4 cm³/mol. The Morgan fingerprint density at radius 2 is 1.67 bits per heavy atom. The molecular weight excluding hydrogens is 348 g/mol. The summed E-state index contributed by atoms with van der Waals surface area (Å²) in [7, 11) is -6.70. The smallest absolute Gasteiger partial charge is 0.229 e. The Balaban J connectivity index is 1.88. The van der Waals surface area contributed by atoms with Crippen LogP contribution in [0.5, 0.6) is 0 Å². The maximum Gasteiger partial charge on any atom is 0.229 e. The van der Waals surface area contributed by atoms with Crippen LogP contribution in [0.25, 0.3) is 0 Å². The summed E-state index contributed by atoms with van der Waals surface area (Å²) in [6, 6.07) is 5.84. The molecule has 1 aliphatic rings. The molecule has 1 heterocycles. The Morgan fingerprint density at radius 1 is 1.08 bits per heavy atom. The Hall–Kier alpha value is -1.12. The molecule has 1 saturated heterocycles. The van der Waals surface area contributed by atoms with E-state index >= 15 is 0 Å². The fourth-order valence-corrected chi connectivity index (χ4v) is 4.69. The summed E-state index contributed by atoms with van der Waals surface area (Å²) in [5.74, 6) is 0.877. The maximum atomic E-state index is 12.4. The van der Waals surface area contributed by atoms with Gasteiger partial charge in [0.1, 0.15) is 0 Å². The van der Waals surface area contributed by atoms with Crippen LogP contribution < -0.4 is 4.72 Å². The lowest BCUT2D eigenvalue weighted by atomic mass is 9.99. The van der Waals surface area contributed by atoms with E-state index in [1.807, 2.05) is 0 Å². The summed E-state index contributed by atoms with van der Waals surface area (Å²) in [6.07, 6.45) is 4.03. The number of rotatable bonds is 7. The van der Waals surface area contributed by atoms with E-state index in [0.717, 1.165) is 31.8 Å². The molecular formula is C16H26N2O4S2. The van der Waals surface area contributed by atoms with E-state index in [2.05, 4.69) is 16.5 Å². The van der Waals surface area contributed by atoms with Gasteiger partial charge in [-0.15, -0.1) is 0 Å². The normalized spacial score (nSPS) is 17.8. The van der Waals surface area contributed by atoms with E-state index in [1.54, 1.807) is 0 Å². The van der Waals surface area contributed by atoms with Gasteiger partial charge in [-0.05, 0) is 69.1 Å². The van der Waals surface area contributed by atoms with Crippen LogP contribution >= 0.6 is 0 Å². The predicted octanol–water partition coefficient (Wildman–Crippen LogP) is 1.95. The molecule has 0 atom stereocenters. The second-order valence-electron chi connectivity index (χ2n) is 6.60. The first-order chi connectivity index (χ1) is 11.2. The van der Waals surface area contributed by atoms with Gasteiger partial charge in [0.2, 0.25) is 10.0 Å². The van der Waals surface area contributed by atoms with E-state index in [0.29, 0.717) is 12.1 Å². The fraction of sp³-hybridized carbons (Fsp3) is 0.625. The van der Waals surface area contributed by atoms with Crippen molar-refractivity contribution in [3.05, 3.63) is 24.3 Å². The molecule has 136 valence electrons. The Kier molecular flexibility index (Phi) is 6.28. The number of hydrogen-bond acceptors (Lipinski definition) is 5. The van der Waals surface area contributed by atoms with Crippen molar-refractivity contribution >= 4 is 25.5 Å². The molecule has 8 heteroatoms. The van der Waals surface area contributed by atoms with Gasteiger partial charge in [-0.3, -0.25) is 4.72 Å². The zero-order chi connectivity index (χ0) is 17.8. The third-order valence-electron chi connectivity index (χ3n) is 4.28. The van der Waals surface area contributed by atoms with Crippen LogP contribution in [0.4, 0.5) is 5.69 Å². The third-order valence-corrected chi connectivity index (χ3v) is 6.70. The minimum absolute atomic E-state index is 0.109. The lowest BCUT2D eigenvalue weighted by Gasteiger charge is -2.30. The number of nitrogens with zero attached hydrogens (tertiary/aromatic N) is 1. The molecule has 1 N–H and O–H groups in total. The summed E-state index contributed by atoms with van der Waals surface area (Å²) in [5, 5.41) is 0. The topological polar surface area (TPSA) is 83.6 Å². The van der Waals surface area contributed by atoms with Crippen molar-refractivity contribution in [2.24, 2.45) is 5.92 Å². The molecule has 0 aromatic heterocycles.